The maximum Gasteiger partial charge on any atom is 0.319 e. The normalized spacial score (nSPS) is 11.4. The standard InChI is InChI=1S/C18H20N2O4/c1-12-7-9-13(10-8-12)15(11-17(21)22)20-18(23)19-14-5-3-4-6-16(14)24-2/h3-10,15H,11H2,1-2H3,(H,21,22)(H2,19,20,23). The van der Waals surface area contributed by atoms with Gasteiger partial charge in [0.1, 0.15) is 5.75 Å². The van der Waals surface area contributed by atoms with E-state index in [0.717, 1.165) is 11.1 Å². The molecule has 2 aromatic carbocycles. The van der Waals surface area contributed by atoms with E-state index in [2.05, 4.69) is 10.6 Å². The minimum atomic E-state index is -0.988. The number of anilines is 1. The summed E-state index contributed by atoms with van der Waals surface area (Å²) in [6, 6.07) is 13.3. The highest BCUT2D eigenvalue weighted by molar-refractivity contribution is 5.91. The van der Waals surface area contributed by atoms with Gasteiger partial charge in [-0.15, -0.1) is 0 Å². The lowest BCUT2D eigenvalue weighted by molar-refractivity contribution is -0.137. The number of ether oxygens (including phenoxy) is 1. The minimum absolute atomic E-state index is 0.206. The van der Waals surface area contributed by atoms with Gasteiger partial charge in [0.2, 0.25) is 0 Å². The van der Waals surface area contributed by atoms with Crippen LogP contribution in [-0.2, 0) is 4.79 Å². The molecule has 24 heavy (non-hydrogen) atoms. The van der Waals surface area contributed by atoms with Crippen LogP contribution in [0.1, 0.15) is 23.6 Å². The summed E-state index contributed by atoms with van der Waals surface area (Å²) in [5, 5.41) is 14.5. The third kappa shape index (κ3) is 4.74. The van der Waals surface area contributed by atoms with Crippen molar-refractivity contribution in [3.63, 3.8) is 0 Å². The van der Waals surface area contributed by atoms with Gasteiger partial charge < -0.3 is 20.5 Å². The van der Waals surface area contributed by atoms with Crippen LogP contribution in [0.25, 0.3) is 0 Å². The number of rotatable bonds is 6. The second-order valence-electron chi connectivity index (χ2n) is 5.36. The number of carbonyl (C=O) groups excluding carboxylic acids is 1. The molecule has 2 aromatic rings. The van der Waals surface area contributed by atoms with Gasteiger partial charge in [-0.25, -0.2) is 4.79 Å². The van der Waals surface area contributed by atoms with Crippen molar-refractivity contribution >= 4 is 17.7 Å². The number of amides is 2. The Morgan fingerprint density at radius 1 is 1.12 bits per heavy atom. The van der Waals surface area contributed by atoms with Gasteiger partial charge in [0.15, 0.2) is 0 Å². The predicted molar refractivity (Wildman–Crippen MR) is 91.3 cm³/mol. The fourth-order valence-electron chi connectivity index (χ4n) is 2.29. The van der Waals surface area contributed by atoms with Gasteiger partial charge >= 0.3 is 12.0 Å². The van der Waals surface area contributed by atoms with Crippen molar-refractivity contribution in [1.29, 1.82) is 0 Å². The Kier molecular flexibility index (Phi) is 5.78. The number of carbonyl (C=O) groups is 2. The average molecular weight is 328 g/mol. The maximum atomic E-state index is 12.2. The second kappa shape index (κ2) is 8.01. The Morgan fingerprint density at radius 3 is 2.42 bits per heavy atom. The maximum absolute atomic E-state index is 12.2. The SMILES string of the molecule is COc1ccccc1NC(=O)NC(CC(=O)O)c1ccc(C)cc1. The van der Waals surface area contributed by atoms with Gasteiger partial charge in [-0.05, 0) is 24.6 Å². The lowest BCUT2D eigenvalue weighted by Crippen LogP contribution is -2.33. The zero-order valence-corrected chi connectivity index (χ0v) is 13.6. The quantitative estimate of drug-likeness (QED) is 0.759. The van der Waals surface area contributed by atoms with Gasteiger partial charge in [-0.1, -0.05) is 42.0 Å². The highest BCUT2D eigenvalue weighted by Gasteiger charge is 2.18. The van der Waals surface area contributed by atoms with Crippen molar-refractivity contribution < 1.29 is 19.4 Å². The van der Waals surface area contributed by atoms with Crippen LogP contribution in [-0.4, -0.2) is 24.2 Å². The van der Waals surface area contributed by atoms with Crippen molar-refractivity contribution in [2.45, 2.75) is 19.4 Å². The first-order valence-corrected chi connectivity index (χ1v) is 7.48. The van der Waals surface area contributed by atoms with Gasteiger partial charge in [0, 0.05) is 0 Å². The Bertz CT molecular complexity index is 713. The third-order valence-electron chi connectivity index (χ3n) is 3.52. The fraction of sp³-hybridized carbons (Fsp3) is 0.222. The monoisotopic (exact) mass is 328 g/mol. The van der Waals surface area contributed by atoms with Gasteiger partial charge in [0.25, 0.3) is 0 Å². The van der Waals surface area contributed by atoms with Crippen molar-refractivity contribution in [2.24, 2.45) is 0 Å². The highest BCUT2D eigenvalue weighted by Crippen LogP contribution is 2.23. The number of benzene rings is 2. The first kappa shape index (κ1) is 17.3. The molecule has 3 N–H and O–H groups in total. The summed E-state index contributed by atoms with van der Waals surface area (Å²) in [6.45, 7) is 1.94. The summed E-state index contributed by atoms with van der Waals surface area (Å²) < 4.78 is 5.18. The molecule has 0 bridgehead atoms. The number of carboxylic acids is 1. The van der Waals surface area contributed by atoms with E-state index >= 15 is 0 Å². The summed E-state index contributed by atoms with van der Waals surface area (Å²) in [4.78, 5) is 23.3. The van der Waals surface area contributed by atoms with E-state index in [1.165, 1.54) is 7.11 Å². The molecule has 6 heteroatoms. The number of hydrogen-bond donors (Lipinski definition) is 3. The molecule has 0 saturated carbocycles. The summed E-state index contributed by atoms with van der Waals surface area (Å²) in [5.74, 6) is -0.462. The summed E-state index contributed by atoms with van der Waals surface area (Å²) in [6.07, 6.45) is -0.206. The second-order valence-corrected chi connectivity index (χ2v) is 5.36. The van der Waals surface area contributed by atoms with E-state index in [1.54, 1.807) is 24.3 Å². The topological polar surface area (TPSA) is 87.7 Å². The molecule has 0 heterocycles. The Balaban J connectivity index is 2.12. The largest absolute Gasteiger partial charge is 0.495 e. The van der Waals surface area contributed by atoms with E-state index in [9.17, 15) is 9.59 Å². The van der Waals surface area contributed by atoms with Crippen LogP contribution in [0, 0.1) is 6.92 Å². The minimum Gasteiger partial charge on any atom is -0.495 e. The van der Waals surface area contributed by atoms with Crippen LogP contribution in [0.15, 0.2) is 48.5 Å². The Labute approximate surface area is 140 Å². The third-order valence-corrected chi connectivity index (χ3v) is 3.52. The molecule has 0 radical (unpaired) electrons. The van der Waals surface area contributed by atoms with Crippen LogP contribution in [0.2, 0.25) is 0 Å². The lowest BCUT2D eigenvalue weighted by atomic mass is 10.0. The van der Waals surface area contributed by atoms with E-state index in [1.807, 2.05) is 31.2 Å². The number of urea groups is 1. The first-order chi connectivity index (χ1) is 11.5. The van der Waals surface area contributed by atoms with E-state index in [0.29, 0.717) is 11.4 Å². The molecule has 0 saturated heterocycles. The molecule has 0 spiro atoms. The van der Waals surface area contributed by atoms with Crippen LogP contribution in [0.4, 0.5) is 10.5 Å². The van der Waals surface area contributed by atoms with Crippen molar-refractivity contribution in [2.75, 3.05) is 12.4 Å². The fourth-order valence-corrected chi connectivity index (χ4v) is 2.29. The van der Waals surface area contributed by atoms with Gasteiger partial charge in [-0.2, -0.15) is 0 Å². The van der Waals surface area contributed by atoms with Crippen LogP contribution in [0.5, 0.6) is 5.75 Å². The molecule has 0 aliphatic heterocycles. The zero-order chi connectivity index (χ0) is 17.5. The molecule has 126 valence electrons. The molecule has 1 unspecified atom stereocenters. The molecule has 2 rings (SSSR count). The van der Waals surface area contributed by atoms with Crippen molar-refractivity contribution in [1.82, 2.24) is 5.32 Å². The molecule has 0 aliphatic carbocycles. The molecule has 6 nitrogen and oxygen atoms in total. The number of carboxylic acid groups (broad SMARTS) is 1. The molecular weight excluding hydrogens is 308 g/mol. The number of aliphatic carboxylic acids is 1. The van der Waals surface area contributed by atoms with E-state index < -0.39 is 18.0 Å². The Morgan fingerprint density at radius 2 is 1.79 bits per heavy atom. The van der Waals surface area contributed by atoms with Gasteiger partial charge in [0.05, 0.1) is 25.3 Å². The number of hydrogen-bond acceptors (Lipinski definition) is 3. The number of aryl methyl sites for hydroxylation is 1. The summed E-state index contributed by atoms with van der Waals surface area (Å²) >= 11 is 0. The zero-order valence-electron chi connectivity index (χ0n) is 13.6. The summed E-state index contributed by atoms with van der Waals surface area (Å²) in [7, 11) is 1.51. The van der Waals surface area contributed by atoms with Crippen LogP contribution >= 0.6 is 0 Å². The highest BCUT2D eigenvalue weighted by atomic mass is 16.5. The van der Waals surface area contributed by atoms with Crippen molar-refractivity contribution in [3.8, 4) is 5.75 Å². The van der Waals surface area contributed by atoms with Crippen molar-refractivity contribution in [3.05, 3.63) is 59.7 Å². The molecular formula is C18H20N2O4. The van der Waals surface area contributed by atoms with E-state index in [-0.39, 0.29) is 6.42 Å². The van der Waals surface area contributed by atoms with E-state index in [4.69, 9.17) is 9.84 Å². The lowest BCUT2D eigenvalue weighted by Gasteiger charge is -2.19. The van der Waals surface area contributed by atoms with Gasteiger partial charge in [-0.3, -0.25) is 4.79 Å². The predicted octanol–water partition coefficient (Wildman–Crippen LogP) is 3.34. The molecule has 0 fully saturated rings. The van der Waals surface area contributed by atoms with Crippen LogP contribution in [0.3, 0.4) is 0 Å². The number of methoxy groups -OCH3 is 1. The smallest absolute Gasteiger partial charge is 0.319 e. The number of nitrogens with one attached hydrogen (secondary N) is 2. The summed E-state index contributed by atoms with van der Waals surface area (Å²) in [5.41, 5.74) is 2.31. The molecule has 0 aliphatic rings. The number of para-hydroxylation sites is 2. The Hall–Kier alpha value is -3.02. The molecule has 2 amide bonds. The molecule has 1 atom stereocenters. The molecule has 0 aromatic heterocycles. The average Bonchev–Trinajstić information content (AvgIpc) is 2.55. The van der Waals surface area contributed by atoms with Crippen LogP contribution < -0.4 is 15.4 Å². The first-order valence-electron chi connectivity index (χ1n) is 7.48.